The molecule has 0 heterocycles. The first-order chi connectivity index (χ1) is 9.61. The van der Waals surface area contributed by atoms with Crippen molar-refractivity contribution in [1.29, 1.82) is 0 Å². The lowest BCUT2D eigenvalue weighted by Crippen LogP contribution is -2.49. The minimum Gasteiger partial charge on any atom is -0.481 e. The third-order valence-corrected chi connectivity index (χ3v) is 3.86. The molecule has 0 saturated heterocycles. The molecule has 0 rings (SSSR count). The van der Waals surface area contributed by atoms with Crippen molar-refractivity contribution in [3.63, 3.8) is 0 Å². The summed E-state index contributed by atoms with van der Waals surface area (Å²) in [5, 5.41) is 29.0. The second-order valence-electron chi connectivity index (χ2n) is 6.73. The minimum atomic E-state index is -2.17. The monoisotopic (exact) mass is 302 g/mol. The van der Waals surface area contributed by atoms with Gasteiger partial charge in [-0.1, -0.05) is 47.0 Å². The third kappa shape index (κ3) is 6.93. The van der Waals surface area contributed by atoms with Crippen LogP contribution in [0.2, 0.25) is 0 Å². The number of hydrogen-bond acceptors (Lipinski definition) is 3. The van der Waals surface area contributed by atoms with E-state index in [0.717, 1.165) is 12.8 Å². The highest BCUT2D eigenvalue weighted by atomic mass is 16.4. The number of rotatable bonds is 11. The van der Waals surface area contributed by atoms with Crippen LogP contribution < -0.4 is 0 Å². The minimum absolute atomic E-state index is 0.0147. The molecule has 0 aliphatic heterocycles. The van der Waals surface area contributed by atoms with Crippen molar-refractivity contribution < 1.29 is 24.9 Å². The SMILES string of the molecule is CC(C)CCCC(C(=O)O)C(O)(CCCC(C)C)C(=O)O. The predicted molar refractivity (Wildman–Crippen MR) is 81.1 cm³/mol. The van der Waals surface area contributed by atoms with Crippen molar-refractivity contribution in [2.24, 2.45) is 17.8 Å². The van der Waals surface area contributed by atoms with Crippen molar-refractivity contribution >= 4 is 11.9 Å². The molecule has 0 aromatic carbocycles. The number of hydrogen-bond donors (Lipinski definition) is 3. The molecule has 124 valence electrons. The number of aliphatic hydroxyl groups is 1. The predicted octanol–water partition coefficient (Wildman–Crippen LogP) is 3.16. The average molecular weight is 302 g/mol. The van der Waals surface area contributed by atoms with E-state index in [9.17, 15) is 24.9 Å². The lowest BCUT2D eigenvalue weighted by molar-refractivity contribution is -0.176. The Morgan fingerprint density at radius 3 is 1.76 bits per heavy atom. The molecule has 0 aliphatic carbocycles. The van der Waals surface area contributed by atoms with E-state index in [1.807, 2.05) is 27.7 Å². The maximum absolute atomic E-state index is 11.4. The molecule has 0 fully saturated rings. The number of aliphatic carboxylic acids is 2. The zero-order chi connectivity index (χ0) is 16.6. The van der Waals surface area contributed by atoms with Crippen LogP contribution >= 0.6 is 0 Å². The normalized spacial score (nSPS) is 16.0. The van der Waals surface area contributed by atoms with Gasteiger partial charge in [0.25, 0.3) is 0 Å². The highest BCUT2D eigenvalue weighted by molar-refractivity contribution is 5.85. The highest BCUT2D eigenvalue weighted by Crippen LogP contribution is 2.30. The van der Waals surface area contributed by atoms with Crippen LogP contribution in [0.5, 0.6) is 0 Å². The van der Waals surface area contributed by atoms with Gasteiger partial charge in [-0.05, 0) is 31.1 Å². The number of carbonyl (C=O) groups is 2. The second-order valence-corrected chi connectivity index (χ2v) is 6.73. The van der Waals surface area contributed by atoms with Crippen LogP contribution in [0.4, 0.5) is 0 Å². The zero-order valence-electron chi connectivity index (χ0n) is 13.6. The van der Waals surface area contributed by atoms with E-state index in [1.54, 1.807) is 0 Å². The van der Waals surface area contributed by atoms with Gasteiger partial charge in [0.05, 0.1) is 5.92 Å². The molecule has 0 aromatic rings. The molecule has 0 aliphatic rings. The van der Waals surface area contributed by atoms with E-state index in [1.165, 1.54) is 0 Å². The molecular formula is C16H30O5. The van der Waals surface area contributed by atoms with Gasteiger partial charge in [0.15, 0.2) is 5.60 Å². The van der Waals surface area contributed by atoms with Gasteiger partial charge < -0.3 is 15.3 Å². The summed E-state index contributed by atoms with van der Waals surface area (Å²) < 4.78 is 0. The first-order valence-corrected chi connectivity index (χ1v) is 7.79. The van der Waals surface area contributed by atoms with Gasteiger partial charge in [0.1, 0.15) is 0 Å². The fourth-order valence-corrected chi connectivity index (χ4v) is 2.51. The van der Waals surface area contributed by atoms with Crippen LogP contribution in [0, 0.1) is 17.8 Å². The summed E-state index contributed by atoms with van der Waals surface area (Å²) in [5.74, 6) is -3.08. The fraction of sp³-hybridized carbons (Fsp3) is 0.875. The van der Waals surface area contributed by atoms with E-state index in [0.29, 0.717) is 24.7 Å². The Kier molecular flexibility index (Phi) is 8.55. The first-order valence-electron chi connectivity index (χ1n) is 7.79. The van der Waals surface area contributed by atoms with Crippen molar-refractivity contribution in [3.8, 4) is 0 Å². The van der Waals surface area contributed by atoms with E-state index in [4.69, 9.17) is 0 Å². The maximum atomic E-state index is 11.4. The van der Waals surface area contributed by atoms with Gasteiger partial charge in [-0.2, -0.15) is 0 Å². The van der Waals surface area contributed by atoms with Gasteiger partial charge in [-0.25, -0.2) is 4.79 Å². The van der Waals surface area contributed by atoms with Gasteiger partial charge in [-0.3, -0.25) is 4.79 Å². The van der Waals surface area contributed by atoms with Gasteiger partial charge in [0, 0.05) is 0 Å². The van der Waals surface area contributed by atoms with E-state index in [-0.39, 0.29) is 12.8 Å². The van der Waals surface area contributed by atoms with Crippen LogP contribution in [0.15, 0.2) is 0 Å². The maximum Gasteiger partial charge on any atom is 0.336 e. The van der Waals surface area contributed by atoms with Gasteiger partial charge in [-0.15, -0.1) is 0 Å². The molecule has 0 aromatic heterocycles. The van der Waals surface area contributed by atoms with Crippen molar-refractivity contribution in [2.45, 2.75) is 71.8 Å². The summed E-state index contributed by atoms with van der Waals surface area (Å²) in [5.41, 5.74) is -2.17. The summed E-state index contributed by atoms with van der Waals surface area (Å²) in [4.78, 5) is 22.8. The van der Waals surface area contributed by atoms with Crippen molar-refractivity contribution in [3.05, 3.63) is 0 Å². The summed E-state index contributed by atoms with van der Waals surface area (Å²) in [7, 11) is 0. The molecule has 5 nitrogen and oxygen atoms in total. The zero-order valence-corrected chi connectivity index (χ0v) is 13.6. The smallest absolute Gasteiger partial charge is 0.336 e. The molecule has 2 unspecified atom stereocenters. The molecular weight excluding hydrogens is 272 g/mol. The molecule has 0 spiro atoms. The lowest BCUT2D eigenvalue weighted by Gasteiger charge is -2.30. The van der Waals surface area contributed by atoms with E-state index >= 15 is 0 Å². The van der Waals surface area contributed by atoms with Crippen molar-refractivity contribution in [1.82, 2.24) is 0 Å². The summed E-state index contributed by atoms with van der Waals surface area (Å²) in [6, 6.07) is 0. The Balaban J connectivity index is 4.88. The third-order valence-electron chi connectivity index (χ3n) is 3.86. The quantitative estimate of drug-likeness (QED) is 0.545. The molecule has 21 heavy (non-hydrogen) atoms. The molecule has 0 amide bonds. The summed E-state index contributed by atoms with van der Waals surface area (Å²) in [6.07, 6.45) is 2.89. The van der Waals surface area contributed by atoms with Crippen LogP contribution in [0.1, 0.15) is 66.2 Å². The molecule has 5 heteroatoms. The lowest BCUT2D eigenvalue weighted by atomic mass is 9.79. The van der Waals surface area contributed by atoms with E-state index < -0.39 is 23.5 Å². The Morgan fingerprint density at radius 1 is 0.905 bits per heavy atom. The van der Waals surface area contributed by atoms with Crippen LogP contribution in [-0.4, -0.2) is 32.9 Å². The largest absolute Gasteiger partial charge is 0.481 e. The van der Waals surface area contributed by atoms with Gasteiger partial charge in [0.2, 0.25) is 0 Å². The van der Waals surface area contributed by atoms with Crippen LogP contribution in [0.25, 0.3) is 0 Å². The topological polar surface area (TPSA) is 94.8 Å². The molecule has 0 bridgehead atoms. The Labute approximate surface area is 127 Å². The Hall–Kier alpha value is -1.10. The number of carboxylic acids is 2. The summed E-state index contributed by atoms with van der Waals surface area (Å²) in [6.45, 7) is 8.08. The van der Waals surface area contributed by atoms with Crippen molar-refractivity contribution in [2.75, 3.05) is 0 Å². The second kappa shape index (κ2) is 9.03. The average Bonchev–Trinajstić information content (AvgIpc) is 2.32. The molecule has 2 atom stereocenters. The van der Waals surface area contributed by atoms with Crippen LogP contribution in [0.3, 0.4) is 0 Å². The Bertz CT molecular complexity index is 338. The van der Waals surface area contributed by atoms with E-state index in [2.05, 4.69) is 0 Å². The Morgan fingerprint density at radius 2 is 1.38 bits per heavy atom. The number of carboxylic acid groups (broad SMARTS) is 2. The molecule has 0 saturated carbocycles. The molecule has 3 N–H and O–H groups in total. The van der Waals surface area contributed by atoms with Crippen LogP contribution in [-0.2, 0) is 9.59 Å². The fourth-order valence-electron chi connectivity index (χ4n) is 2.51. The standard InChI is InChI=1S/C16H30O5/c1-11(2)7-5-9-13(14(17)18)16(21,15(19)20)10-6-8-12(3)4/h11-13,21H,5-10H2,1-4H3,(H,17,18)(H,19,20). The first kappa shape index (κ1) is 19.9. The molecule has 0 radical (unpaired) electrons. The highest BCUT2D eigenvalue weighted by Gasteiger charge is 2.47. The summed E-state index contributed by atoms with van der Waals surface area (Å²) >= 11 is 0. The van der Waals surface area contributed by atoms with Gasteiger partial charge >= 0.3 is 11.9 Å².